The first-order chi connectivity index (χ1) is 16.0. The Morgan fingerprint density at radius 1 is 0.848 bits per heavy atom. The van der Waals surface area contributed by atoms with Crippen molar-refractivity contribution in [1.29, 1.82) is 0 Å². The van der Waals surface area contributed by atoms with Crippen molar-refractivity contribution in [2.45, 2.75) is 26.0 Å². The van der Waals surface area contributed by atoms with Gasteiger partial charge in [0.05, 0.1) is 16.2 Å². The van der Waals surface area contributed by atoms with Crippen molar-refractivity contribution >= 4 is 46.4 Å². The monoisotopic (exact) mass is 456 g/mol. The first-order valence-electron chi connectivity index (χ1n) is 10.7. The number of amides is 3. The molecule has 1 heterocycles. The van der Waals surface area contributed by atoms with Crippen molar-refractivity contribution in [3.63, 3.8) is 0 Å². The van der Waals surface area contributed by atoms with Gasteiger partial charge < -0.3 is 5.32 Å². The third-order valence-corrected chi connectivity index (χ3v) is 6.51. The van der Waals surface area contributed by atoms with Crippen LogP contribution < -0.4 is 10.2 Å². The van der Waals surface area contributed by atoms with Gasteiger partial charge in [-0.3, -0.25) is 14.4 Å². The van der Waals surface area contributed by atoms with E-state index >= 15 is 0 Å². The van der Waals surface area contributed by atoms with Gasteiger partial charge in [-0.25, -0.2) is 4.90 Å². The molecule has 0 unspecified atom stereocenters. The van der Waals surface area contributed by atoms with Gasteiger partial charge in [-0.2, -0.15) is 0 Å². The van der Waals surface area contributed by atoms with Crippen molar-refractivity contribution < 1.29 is 14.4 Å². The van der Waals surface area contributed by atoms with E-state index in [-0.39, 0.29) is 17.7 Å². The van der Waals surface area contributed by atoms with Crippen molar-refractivity contribution in [3.05, 3.63) is 100 Å². The molecule has 1 aliphatic heterocycles. The van der Waals surface area contributed by atoms with Crippen LogP contribution in [0.3, 0.4) is 0 Å². The zero-order valence-electron chi connectivity index (χ0n) is 18.5. The Hall–Kier alpha value is -3.64. The average Bonchev–Trinajstić information content (AvgIpc) is 3.08. The number of carbonyl (C=O) groups excluding carboxylic acids is 3. The molecule has 0 spiro atoms. The lowest BCUT2D eigenvalue weighted by atomic mass is 10.1. The number of aryl methyl sites for hydroxylation is 1. The molecule has 0 atom stereocenters. The molecule has 4 rings (SSSR count). The van der Waals surface area contributed by atoms with Gasteiger partial charge in [-0.1, -0.05) is 61.5 Å². The third kappa shape index (κ3) is 4.91. The van der Waals surface area contributed by atoms with Crippen LogP contribution in [-0.4, -0.2) is 17.7 Å². The fourth-order valence-corrected chi connectivity index (χ4v) is 4.73. The quantitative estimate of drug-likeness (QED) is 0.482. The molecule has 0 aromatic heterocycles. The molecule has 1 N–H and O–H groups in total. The molecule has 0 saturated carbocycles. The molecule has 5 nitrogen and oxygen atoms in total. The zero-order valence-corrected chi connectivity index (χ0v) is 19.3. The number of nitrogens with zero attached hydrogens (tertiary/aromatic N) is 1. The second-order valence-electron chi connectivity index (χ2n) is 7.70. The van der Waals surface area contributed by atoms with Crippen LogP contribution in [0.4, 0.5) is 11.4 Å². The Morgan fingerprint density at radius 2 is 1.52 bits per heavy atom. The van der Waals surface area contributed by atoms with Crippen LogP contribution in [0.15, 0.2) is 83.8 Å². The van der Waals surface area contributed by atoms with E-state index in [1.54, 1.807) is 24.3 Å². The fraction of sp³-hybridized carbons (Fsp3) is 0.148. The molecular weight excluding hydrogens is 432 g/mol. The summed E-state index contributed by atoms with van der Waals surface area (Å²) < 4.78 is 0. The van der Waals surface area contributed by atoms with Gasteiger partial charge in [-0.15, -0.1) is 11.8 Å². The zero-order chi connectivity index (χ0) is 23.4. The number of benzene rings is 3. The topological polar surface area (TPSA) is 66.5 Å². The van der Waals surface area contributed by atoms with Crippen molar-refractivity contribution in [2.75, 3.05) is 10.2 Å². The summed E-state index contributed by atoms with van der Waals surface area (Å²) in [5.74, 6) is -0.251. The van der Waals surface area contributed by atoms with Crippen LogP contribution in [0.1, 0.15) is 30.5 Å². The lowest BCUT2D eigenvalue weighted by Crippen LogP contribution is -2.31. The summed E-state index contributed by atoms with van der Waals surface area (Å²) in [6, 6.07) is 24.4. The molecule has 166 valence electrons. The van der Waals surface area contributed by atoms with E-state index in [0.29, 0.717) is 33.2 Å². The standard InChI is InChI=1S/C27H24N2O3S/c1-3-19-9-15-23(16-10-19)29-26(31)24(21-11-13-22(14-12-21)28-18(2)30)25(27(29)32)33-17-20-7-5-4-6-8-20/h4-16H,3,17H2,1-2H3,(H,28,30). The van der Waals surface area contributed by atoms with Gasteiger partial charge in [0.25, 0.3) is 11.8 Å². The molecule has 6 heteroatoms. The van der Waals surface area contributed by atoms with Crippen molar-refractivity contribution in [2.24, 2.45) is 0 Å². The van der Waals surface area contributed by atoms with Gasteiger partial charge in [0.1, 0.15) is 0 Å². The highest BCUT2D eigenvalue weighted by atomic mass is 32.2. The Labute approximate surface area is 197 Å². The van der Waals surface area contributed by atoms with Crippen molar-refractivity contribution in [1.82, 2.24) is 0 Å². The van der Waals surface area contributed by atoms with Crippen molar-refractivity contribution in [3.8, 4) is 0 Å². The maximum Gasteiger partial charge on any atom is 0.272 e. The van der Waals surface area contributed by atoms with E-state index in [1.165, 1.54) is 23.6 Å². The molecule has 3 aromatic rings. The molecule has 0 aliphatic carbocycles. The van der Waals surface area contributed by atoms with E-state index in [9.17, 15) is 14.4 Å². The van der Waals surface area contributed by atoms with Gasteiger partial charge >= 0.3 is 0 Å². The number of hydrogen-bond donors (Lipinski definition) is 1. The molecule has 3 amide bonds. The summed E-state index contributed by atoms with van der Waals surface area (Å²) in [6.45, 7) is 3.50. The second-order valence-corrected chi connectivity index (χ2v) is 8.69. The summed E-state index contributed by atoms with van der Waals surface area (Å²) in [7, 11) is 0. The predicted octanol–water partition coefficient (Wildman–Crippen LogP) is 5.43. The Morgan fingerprint density at radius 3 is 2.12 bits per heavy atom. The first-order valence-corrected chi connectivity index (χ1v) is 11.7. The normalized spacial score (nSPS) is 13.6. The number of anilines is 2. The lowest BCUT2D eigenvalue weighted by Gasteiger charge is -2.15. The molecule has 0 fully saturated rings. The molecule has 33 heavy (non-hydrogen) atoms. The third-order valence-electron chi connectivity index (χ3n) is 5.36. The maximum absolute atomic E-state index is 13.5. The molecule has 0 radical (unpaired) electrons. The van der Waals surface area contributed by atoms with Crippen LogP contribution in [0.2, 0.25) is 0 Å². The van der Waals surface area contributed by atoms with E-state index < -0.39 is 0 Å². The van der Waals surface area contributed by atoms with E-state index in [4.69, 9.17) is 0 Å². The summed E-state index contributed by atoms with van der Waals surface area (Å²) in [5, 5.41) is 2.72. The predicted molar refractivity (Wildman–Crippen MR) is 134 cm³/mol. The molecule has 3 aromatic carbocycles. The highest BCUT2D eigenvalue weighted by molar-refractivity contribution is 8.03. The van der Waals surface area contributed by atoms with Crippen LogP contribution in [0, 0.1) is 0 Å². The first kappa shape index (κ1) is 22.6. The molecule has 0 saturated heterocycles. The minimum absolute atomic E-state index is 0.171. The highest BCUT2D eigenvalue weighted by Gasteiger charge is 2.40. The second kappa shape index (κ2) is 9.88. The van der Waals surface area contributed by atoms with Crippen LogP contribution in [-0.2, 0) is 26.6 Å². The van der Waals surface area contributed by atoms with E-state index in [1.807, 2.05) is 54.6 Å². The Bertz CT molecular complexity index is 1220. The summed E-state index contributed by atoms with van der Waals surface area (Å²) in [6.07, 6.45) is 0.879. The Kier molecular flexibility index (Phi) is 6.75. The number of imide groups is 1. The number of nitrogens with one attached hydrogen (secondary N) is 1. The fourth-order valence-electron chi connectivity index (χ4n) is 3.67. The number of carbonyl (C=O) groups is 3. The SMILES string of the molecule is CCc1ccc(N2C(=O)C(SCc3ccccc3)=C(c3ccc(NC(C)=O)cc3)C2=O)cc1. The number of hydrogen-bond acceptors (Lipinski definition) is 4. The van der Waals surface area contributed by atoms with Gasteiger partial charge in [0, 0.05) is 18.4 Å². The van der Waals surface area contributed by atoms with Gasteiger partial charge in [0.2, 0.25) is 5.91 Å². The van der Waals surface area contributed by atoms with Gasteiger partial charge in [0.15, 0.2) is 0 Å². The van der Waals surface area contributed by atoms with E-state index in [0.717, 1.165) is 17.5 Å². The highest BCUT2D eigenvalue weighted by Crippen LogP contribution is 2.39. The molecular formula is C27H24N2O3S. The maximum atomic E-state index is 13.5. The Balaban J connectivity index is 1.70. The van der Waals surface area contributed by atoms with E-state index in [2.05, 4.69) is 12.2 Å². The van der Waals surface area contributed by atoms with Crippen LogP contribution >= 0.6 is 11.8 Å². The minimum atomic E-state index is -0.341. The molecule has 1 aliphatic rings. The summed E-state index contributed by atoms with van der Waals surface area (Å²) in [4.78, 5) is 40.0. The summed E-state index contributed by atoms with van der Waals surface area (Å²) in [5.41, 5.74) is 4.43. The largest absolute Gasteiger partial charge is 0.326 e. The lowest BCUT2D eigenvalue weighted by molar-refractivity contribution is -0.120. The average molecular weight is 457 g/mol. The number of thioether (sulfide) groups is 1. The smallest absolute Gasteiger partial charge is 0.272 e. The number of rotatable bonds is 7. The van der Waals surface area contributed by atoms with Crippen LogP contribution in [0.5, 0.6) is 0 Å². The molecule has 0 bridgehead atoms. The minimum Gasteiger partial charge on any atom is -0.326 e. The van der Waals surface area contributed by atoms with Gasteiger partial charge in [-0.05, 0) is 47.4 Å². The summed E-state index contributed by atoms with van der Waals surface area (Å²) >= 11 is 1.37. The van der Waals surface area contributed by atoms with Crippen LogP contribution in [0.25, 0.3) is 5.57 Å².